The van der Waals surface area contributed by atoms with E-state index in [1.54, 1.807) is 6.20 Å². The summed E-state index contributed by atoms with van der Waals surface area (Å²) in [6.45, 7) is 1.39. The predicted molar refractivity (Wildman–Crippen MR) is 55.3 cm³/mol. The van der Waals surface area contributed by atoms with E-state index in [1.807, 2.05) is 24.9 Å². The van der Waals surface area contributed by atoms with Crippen LogP contribution in [0.4, 0.5) is 0 Å². The van der Waals surface area contributed by atoms with Gasteiger partial charge in [0.1, 0.15) is 5.82 Å². The van der Waals surface area contributed by atoms with Gasteiger partial charge in [-0.3, -0.25) is 0 Å². The van der Waals surface area contributed by atoms with Crippen LogP contribution in [0, 0.1) is 0 Å². The highest BCUT2D eigenvalue weighted by Gasteiger charge is 2.23. The van der Waals surface area contributed by atoms with E-state index < -0.39 is 0 Å². The maximum atomic E-state index is 5.42. The molecule has 0 aromatic carbocycles. The van der Waals surface area contributed by atoms with Crippen molar-refractivity contribution in [2.45, 2.75) is 18.8 Å². The molecule has 1 atom stereocenters. The zero-order valence-electron chi connectivity index (χ0n) is 9.14. The van der Waals surface area contributed by atoms with Gasteiger partial charge in [-0.1, -0.05) is 0 Å². The SMILES string of the molecule is CNC(CC1OCCO1)c1nccn1C. The third kappa shape index (κ3) is 2.37. The second kappa shape index (κ2) is 4.74. The summed E-state index contributed by atoms with van der Waals surface area (Å²) in [5.41, 5.74) is 0. The van der Waals surface area contributed by atoms with E-state index in [0.717, 1.165) is 12.2 Å². The average molecular weight is 211 g/mol. The first-order valence-corrected chi connectivity index (χ1v) is 5.19. The summed E-state index contributed by atoms with van der Waals surface area (Å²) in [6.07, 6.45) is 4.44. The Morgan fingerprint density at radius 1 is 1.60 bits per heavy atom. The summed E-state index contributed by atoms with van der Waals surface area (Å²) in [5.74, 6) is 1.01. The molecule has 0 bridgehead atoms. The van der Waals surface area contributed by atoms with Gasteiger partial charge in [-0.05, 0) is 7.05 Å². The van der Waals surface area contributed by atoms with Crippen molar-refractivity contribution in [2.24, 2.45) is 7.05 Å². The first kappa shape index (κ1) is 10.6. The smallest absolute Gasteiger partial charge is 0.159 e. The maximum Gasteiger partial charge on any atom is 0.159 e. The monoisotopic (exact) mass is 211 g/mol. The van der Waals surface area contributed by atoms with Crippen molar-refractivity contribution in [1.82, 2.24) is 14.9 Å². The first-order chi connectivity index (χ1) is 7.31. The minimum atomic E-state index is -0.0980. The molecular weight excluding hydrogens is 194 g/mol. The third-order valence-electron chi connectivity index (χ3n) is 2.64. The molecule has 5 nitrogen and oxygen atoms in total. The molecule has 1 N–H and O–H groups in total. The van der Waals surface area contributed by atoms with Crippen molar-refractivity contribution < 1.29 is 9.47 Å². The number of hydrogen-bond donors (Lipinski definition) is 1. The van der Waals surface area contributed by atoms with Crippen LogP contribution in [0.15, 0.2) is 12.4 Å². The summed E-state index contributed by atoms with van der Waals surface area (Å²) >= 11 is 0. The van der Waals surface area contributed by atoms with Crippen molar-refractivity contribution in [2.75, 3.05) is 20.3 Å². The van der Waals surface area contributed by atoms with Crippen molar-refractivity contribution in [3.05, 3.63) is 18.2 Å². The lowest BCUT2D eigenvalue weighted by Crippen LogP contribution is -2.25. The van der Waals surface area contributed by atoms with E-state index in [9.17, 15) is 0 Å². The number of rotatable bonds is 4. The normalized spacial score (nSPS) is 19.6. The Labute approximate surface area is 89.4 Å². The number of imidazole rings is 1. The molecule has 2 rings (SSSR count). The van der Waals surface area contributed by atoms with Gasteiger partial charge in [0.05, 0.1) is 19.3 Å². The molecule has 0 aliphatic carbocycles. The lowest BCUT2D eigenvalue weighted by atomic mass is 10.2. The minimum absolute atomic E-state index is 0.0980. The molecule has 1 aromatic rings. The molecule has 84 valence electrons. The van der Waals surface area contributed by atoms with Gasteiger partial charge in [0, 0.05) is 25.9 Å². The number of hydrogen-bond acceptors (Lipinski definition) is 4. The Hall–Kier alpha value is -0.910. The van der Waals surface area contributed by atoms with E-state index >= 15 is 0 Å². The van der Waals surface area contributed by atoms with E-state index in [0.29, 0.717) is 13.2 Å². The van der Waals surface area contributed by atoms with Gasteiger partial charge >= 0.3 is 0 Å². The molecule has 1 aliphatic rings. The zero-order valence-corrected chi connectivity index (χ0v) is 9.14. The number of nitrogens with one attached hydrogen (secondary N) is 1. The van der Waals surface area contributed by atoms with Gasteiger partial charge in [-0.15, -0.1) is 0 Å². The maximum absolute atomic E-state index is 5.42. The Morgan fingerprint density at radius 2 is 2.33 bits per heavy atom. The lowest BCUT2D eigenvalue weighted by molar-refractivity contribution is -0.0532. The quantitative estimate of drug-likeness (QED) is 0.785. The summed E-state index contributed by atoms with van der Waals surface area (Å²) in [4.78, 5) is 4.32. The molecule has 1 aliphatic heterocycles. The highest BCUT2D eigenvalue weighted by molar-refractivity contribution is 4.98. The van der Waals surface area contributed by atoms with E-state index in [1.165, 1.54) is 0 Å². The number of aromatic nitrogens is 2. The number of ether oxygens (including phenoxy) is 2. The molecule has 1 unspecified atom stereocenters. The lowest BCUT2D eigenvalue weighted by Gasteiger charge is -2.18. The Balaban J connectivity index is 2.00. The first-order valence-electron chi connectivity index (χ1n) is 5.19. The molecule has 5 heteroatoms. The van der Waals surface area contributed by atoms with Crippen LogP contribution in [-0.4, -0.2) is 36.1 Å². The molecule has 0 radical (unpaired) electrons. The van der Waals surface area contributed by atoms with E-state index in [-0.39, 0.29) is 12.3 Å². The van der Waals surface area contributed by atoms with Crippen LogP contribution in [0.2, 0.25) is 0 Å². The molecule has 1 aromatic heterocycles. The Morgan fingerprint density at radius 3 is 2.87 bits per heavy atom. The van der Waals surface area contributed by atoms with Gasteiger partial charge in [-0.25, -0.2) is 4.98 Å². The Bertz CT molecular complexity index is 307. The Kier molecular flexibility index (Phi) is 3.35. The standard InChI is InChI=1S/C10H17N3O2/c1-11-8(7-9-14-5-6-15-9)10-12-3-4-13(10)2/h3-4,8-9,11H,5-7H2,1-2H3. The summed E-state index contributed by atoms with van der Waals surface area (Å²) in [5, 5.41) is 3.23. The summed E-state index contributed by atoms with van der Waals surface area (Å²) in [7, 11) is 3.91. The van der Waals surface area contributed by atoms with Crippen LogP contribution in [0.5, 0.6) is 0 Å². The second-order valence-electron chi connectivity index (χ2n) is 3.64. The number of nitrogens with zero attached hydrogens (tertiary/aromatic N) is 2. The van der Waals surface area contributed by atoms with E-state index in [2.05, 4.69) is 10.3 Å². The van der Waals surface area contributed by atoms with E-state index in [4.69, 9.17) is 9.47 Å². The topological polar surface area (TPSA) is 48.3 Å². The van der Waals surface area contributed by atoms with Crippen molar-refractivity contribution in [3.8, 4) is 0 Å². The fraction of sp³-hybridized carbons (Fsp3) is 0.700. The van der Waals surface area contributed by atoms with Gasteiger partial charge in [0.25, 0.3) is 0 Å². The molecule has 15 heavy (non-hydrogen) atoms. The fourth-order valence-corrected chi connectivity index (χ4v) is 1.80. The second-order valence-corrected chi connectivity index (χ2v) is 3.64. The fourth-order valence-electron chi connectivity index (χ4n) is 1.80. The highest BCUT2D eigenvalue weighted by atomic mass is 16.7. The summed E-state index contributed by atoms with van der Waals surface area (Å²) in [6, 6.07) is 0.174. The van der Waals surface area contributed by atoms with Gasteiger partial charge in [-0.2, -0.15) is 0 Å². The predicted octanol–water partition coefficient (Wildman–Crippen LogP) is 0.444. The van der Waals surface area contributed by atoms with Crippen LogP contribution in [0.3, 0.4) is 0 Å². The largest absolute Gasteiger partial charge is 0.350 e. The van der Waals surface area contributed by atoms with Crippen molar-refractivity contribution in [3.63, 3.8) is 0 Å². The van der Waals surface area contributed by atoms with Crippen LogP contribution < -0.4 is 5.32 Å². The van der Waals surface area contributed by atoms with Crippen LogP contribution >= 0.6 is 0 Å². The molecule has 1 saturated heterocycles. The minimum Gasteiger partial charge on any atom is -0.350 e. The van der Waals surface area contributed by atoms with Gasteiger partial charge in [0.15, 0.2) is 6.29 Å². The third-order valence-corrected chi connectivity index (χ3v) is 2.64. The van der Waals surface area contributed by atoms with Crippen LogP contribution in [0.1, 0.15) is 18.3 Å². The number of aryl methyl sites for hydroxylation is 1. The molecule has 0 amide bonds. The van der Waals surface area contributed by atoms with Crippen LogP contribution in [0.25, 0.3) is 0 Å². The summed E-state index contributed by atoms with van der Waals surface area (Å²) < 4.78 is 12.9. The highest BCUT2D eigenvalue weighted by Crippen LogP contribution is 2.20. The zero-order chi connectivity index (χ0) is 10.7. The molecule has 0 spiro atoms. The van der Waals surface area contributed by atoms with Gasteiger partial charge < -0.3 is 19.4 Å². The molecular formula is C10H17N3O2. The molecule has 2 heterocycles. The molecule has 1 fully saturated rings. The van der Waals surface area contributed by atoms with Crippen molar-refractivity contribution >= 4 is 0 Å². The van der Waals surface area contributed by atoms with Gasteiger partial charge in [0.2, 0.25) is 0 Å². The molecule has 0 saturated carbocycles. The van der Waals surface area contributed by atoms with Crippen LogP contribution in [-0.2, 0) is 16.5 Å². The van der Waals surface area contributed by atoms with Crippen molar-refractivity contribution in [1.29, 1.82) is 0 Å². The average Bonchev–Trinajstić information content (AvgIpc) is 2.85.